The summed E-state index contributed by atoms with van der Waals surface area (Å²) in [5.41, 5.74) is 46.0. The van der Waals surface area contributed by atoms with E-state index in [0.29, 0.717) is 29.8 Å². The minimum absolute atomic E-state index is 0.0122. The average molecular weight is 1690 g/mol. The number of aliphatic imine (C=N–C) groups is 3. The number of aromatic nitrogens is 4. The second-order valence-electron chi connectivity index (χ2n) is 30.5. The summed E-state index contributed by atoms with van der Waals surface area (Å²) in [6.07, 6.45) is 20.1. The van der Waals surface area contributed by atoms with Gasteiger partial charge in [-0.3, -0.25) is 77.3 Å². The molecule has 2 heterocycles. The SMILES string of the molecule is CCCCCCCCCCCCCCCCC(=O)NC(CCCN=C(N)N)C(=O)NC(CCCN=C(N)N)C(=O)NC(CC(C)C)C(=O)NC(Cc1cnc[nH]1)C(=O)NC(CO)C(=O)NC(CC)C(=O)NC(CCCN=C(N)N)C(=O)NC(CC(N)=O)C(=O)NC(Cc1ccc(O)cc1)C(=O)NC(C(=O)NC(Cc1cnc[nH]1)C(N)=O)C(C)CC. The Morgan fingerprint density at radius 2 is 0.767 bits per heavy atom. The van der Waals surface area contributed by atoms with Gasteiger partial charge in [0.2, 0.25) is 76.8 Å². The van der Waals surface area contributed by atoms with Gasteiger partial charge >= 0.3 is 0 Å². The highest BCUT2D eigenvalue weighted by atomic mass is 16.3. The number of guanidine groups is 3. The van der Waals surface area contributed by atoms with E-state index in [0.717, 1.165) is 25.7 Å². The van der Waals surface area contributed by atoms with Gasteiger partial charge in [0.05, 0.1) is 25.7 Å². The Bertz CT molecular complexity index is 3740. The van der Waals surface area contributed by atoms with E-state index >= 15 is 0 Å². The van der Waals surface area contributed by atoms with Gasteiger partial charge in [-0.15, -0.1) is 0 Å². The third-order valence-corrected chi connectivity index (χ3v) is 19.8. The second kappa shape index (κ2) is 57.4. The maximum atomic E-state index is 14.7. The molecule has 41 nitrogen and oxygen atoms in total. The van der Waals surface area contributed by atoms with Crippen molar-refractivity contribution in [2.24, 2.45) is 72.7 Å². The third kappa shape index (κ3) is 42.1. The largest absolute Gasteiger partial charge is 0.508 e. The molecule has 0 aliphatic carbocycles. The van der Waals surface area contributed by atoms with E-state index in [-0.39, 0.29) is 132 Å². The van der Waals surface area contributed by atoms with E-state index in [1.165, 1.54) is 114 Å². The number of carbonyl (C=O) groups excluding carboxylic acids is 13. The lowest BCUT2D eigenvalue weighted by Crippen LogP contribution is -2.62. The molecule has 12 unspecified atom stereocenters. The summed E-state index contributed by atoms with van der Waals surface area (Å²) in [6, 6.07) is -11.0. The third-order valence-electron chi connectivity index (χ3n) is 19.8. The number of hydrogen-bond donors (Lipinski definition) is 23. The van der Waals surface area contributed by atoms with Crippen LogP contribution >= 0.6 is 0 Å². The molecule has 120 heavy (non-hydrogen) atoms. The van der Waals surface area contributed by atoms with Crippen molar-refractivity contribution in [3.8, 4) is 5.75 Å². The Morgan fingerprint density at radius 1 is 0.400 bits per heavy atom. The summed E-state index contributed by atoms with van der Waals surface area (Å²) in [5.74, 6) is -13.8. The summed E-state index contributed by atoms with van der Waals surface area (Å²) in [4.78, 5) is 209. The lowest BCUT2D eigenvalue weighted by Gasteiger charge is -2.29. The number of aliphatic hydroxyl groups excluding tert-OH is 1. The molecular formula is C79H134N26O15. The normalized spacial score (nSPS) is 14.1. The molecule has 0 bridgehead atoms. The quantitative estimate of drug-likeness (QED) is 0.0166. The number of nitrogens with two attached hydrogens (primary N) is 8. The van der Waals surface area contributed by atoms with Gasteiger partial charge in [-0.1, -0.05) is 144 Å². The Hall–Kier alpha value is -11.7. The maximum Gasteiger partial charge on any atom is 0.245 e. The predicted octanol–water partition coefficient (Wildman–Crippen LogP) is -1.91. The molecule has 2 aromatic heterocycles. The van der Waals surface area contributed by atoms with Crippen LogP contribution in [0.15, 0.2) is 64.3 Å². The lowest BCUT2D eigenvalue weighted by atomic mass is 9.96. The average Bonchev–Trinajstić information content (AvgIpc) is 0.966. The number of unbranched alkanes of at least 4 members (excludes halogenated alkanes) is 13. The molecule has 0 saturated carbocycles. The molecule has 41 heteroatoms. The number of aliphatic hydroxyl groups is 1. The van der Waals surface area contributed by atoms with Gasteiger partial charge in [-0.2, -0.15) is 0 Å². The molecule has 1 aromatic carbocycles. The molecule has 3 aromatic rings. The van der Waals surface area contributed by atoms with Crippen molar-refractivity contribution < 1.29 is 72.5 Å². The second-order valence-corrected chi connectivity index (χ2v) is 30.5. The van der Waals surface area contributed by atoms with Gasteiger partial charge in [0.1, 0.15) is 72.2 Å². The minimum atomic E-state index is -1.87. The molecule has 13 amide bonds. The molecule has 12 atom stereocenters. The fraction of sp³-hybridized carbons (Fsp3) is 0.646. The number of amides is 13. The number of phenolic OH excluding ortho intramolecular Hbond substituents is 1. The Kier molecular flexibility index (Phi) is 49.1. The first-order valence-electron chi connectivity index (χ1n) is 41.6. The zero-order chi connectivity index (χ0) is 89.1. The van der Waals surface area contributed by atoms with E-state index in [1.807, 2.05) is 0 Å². The highest BCUT2D eigenvalue weighted by Gasteiger charge is 2.38. The Balaban J connectivity index is 1.89. The van der Waals surface area contributed by atoms with Crippen molar-refractivity contribution in [2.45, 2.75) is 288 Å². The van der Waals surface area contributed by atoms with Crippen LogP contribution in [0.5, 0.6) is 5.75 Å². The van der Waals surface area contributed by atoms with Crippen LogP contribution < -0.4 is 104 Å². The van der Waals surface area contributed by atoms with Gasteiger partial charge in [-0.05, 0) is 87.3 Å². The fourth-order valence-corrected chi connectivity index (χ4v) is 12.9. The smallest absolute Gasteiger partial charge is 0.245 e. The number of imidazole rings is 2. The molecule has 0 aliphatic rings. The summed E-state index contributed by atoms with van der Waals surface area (Å²) >= 11 is 0. The summed E-state index contributed by atoms with van der Waals surface area (Å²) in [7, 11) is 0. The monoisotopic (exact) mass is 1690 g/mol. The van der Waals surface area contributed by atoms with E-state index in [2.05, 4.69) is 100 Å². The van der Waals surface area contributed by atoms with Crippen LogP contribution in [0.25, 0.3) is 0 Å². The van der Waals surface area contributed by atoms with Gasteiger partial charge in [0.15, 0.2) is 17.9 Å². The molecule has 31 N–H and O–H groups in total. The van der Waals surface area contributed by atoms with Crippen LogP contribution in [0.3, 0.4) is 0 Å². The van der Waals surface area contributed by atoms with E-state index in [4.69, 9.17) is 45.9 Å². The van der Waals surface area contributed by atoms with E-state index in [9.17, 15) is 72.5 Å². The fourth-order valence-electron chi connectivity index (χ4n) is 12.9. The van der Waals surface area contributed by atoms with Crippen molar-refractivity contribution in [3.63, 3.8) is 0 Å². The van der Waals surface area contributed by atoms with Gasteiger partial charge < -0.3 is 125 Å². The molecule has 0 saturated heterocycles. The lowest BCUT2D eigenvalue weighted by molar-refractivity contribution is -0.137. The number of benzene rings is 1. The number of phenols is 1. The van der Waals surface area contributed by atoms with Crippen LogP contribution in [0, 0.1) is 11.8 Å². The van der Waals surface area contributed by atoms with Gasteiger partial charge in [0.25, 0.3) is 0 Å². The van der Waals surface area contributed by atoms with Crippen molar-refractivity contribution in [2.75, 3.05) is 26.2 Å². The number of nitrogens with zero attached hydrogens (tertiary/aromatic N) is 5. The molecular weight excluding hydrogens is 1550 g/mol. The molecule has 0 spiro atoms. The first kappa shape index (κ1) is 103. The van der Waals surface area contributed by atoms with Crippen LogP contribution in [0.1, 0.15) is 219 Å². The van der Waals surface area contributed by atoms with Crippen molar-refractivity contribution in [1.82, 2.24) is 78.4 Å². The van der Waals surface area contributed by atoms with Crippen molar-refractivity contribution in [1.29, 1.82) is 0 Å². The standard InChI is InChI=1S/C79H134N26O15/c1-7-10-11-12-13-14-15-16-17-18-19-20-21-22-29-64(109)95-54(26-23-34-90-77(82)83)68(112)98-56(28-25-36-92-79(86)87)69(113)100-58(37-47(4)5)71(115)102-60(40-51-43-89-46-94-51)72(116)104-62(44-106)75(119)96-53(9-3)67(111)97-55(27-24-35-91-78(84)85)70(114)103-61(41-63(80)108)73(117)101-59(38-49-30-32-52(107)33-31-49)74(118)105-65(48(6)8-2)76(120)99-57(66(81)110)39-50-42-88-45-93-50/h30-33,42-43,45-48,53-62,65,106-107H,7-29,34-41,44H2,1-6H3,(H2,80,108)(H2,81,110)(H,88,93)(H,89,94)(H,95,109)(H,96,119)(H,97,111)(H,98,112)(H,99,120)(H,100,113)(H,101,117)(H,102,115)(H,103,114)(H,104,116)(H,105,118)(H4,82,83,90)(H4,84,85,91)(H4,86,87,92). The summed E-state index contributed by atoms with van der Waals surface area (Å²) in [5, 5.41) is 49.4. The topological polar surface area (TPSA) is 697 Å². The number of carbonyl (C=O) groups is 13. The number of aromatic hydroxyl groups is 1. The first-order chi connectivity index (χ1) is 57.2. The van der Waals surface area contributed by atoms with Gasteiger partial charge in [0, 0.05) is 69.1 Å². The zero-order valence-electron chi connectivity index (χ0n) is 70.3. The first-order valence-corrected chi connectivity index (χ1v) is 41.6. The number of rotatable bonds is 63. The summed E-state index contributed by atoms with van der Waals surface area (Å²) < 4.78 is 0. The number of primary amides is 2. The minimum Gasteiger partial charge on any atom is -0.508 e. The Labute approximate surface area is 701 Å². The molecule has 0 radical (unpaired) electrons. The molecule has 670 valence electrons. The highest BCUT2D eigenvalue weighted by molar-refractivity contribution is 6.00. The number of aromatic amines is 2. The maximum absolute atomic E-state index is 14.7. The van der Waals surface area contributed by atoms with Crippen LogP contribution in [0.4, 0.5) is 0 Å². The van der Waals surface area contributed by atoms with Crippen molar-refractivity contribution >= 4 is 94.7 Å². The van der Waals surface area contributed by atoms with E-state index < -0.39 is 156 Å². The molecule has 0 aliphatic heterocycles. The number of nitrogens with one attached hydrogen (secondary N) is 13. The predicted molar refractivity (Wildman–Crippen MR) is 452 cm³/mol. The number of H-pyrrole nitrogens is 2. The van der Waals surface area contributed by atoms with E-state index in [1.54, 1.807) is 27.7 Å². The van der Waals surface area contributed by atoms with Gasteiger partial charge in [-0.25, -0.2) is 9.97 Å². The van der Waals surface area contributed by atoms with Crippen LogP contribution in [-0.4, -0.2) is 218 Å². The summed E-state index contributed by atoms with van der Waals surface area (Å²) in [6.45, 7) is 9.60. The highest BCUT2D eigenvalue weighted by Crippen LogP contribution is 2.18. The number of hydrogen-bond acceptors (Lipinski definition) is 20. The van der Waals surface area contributed by atoms with Crippen LogP contribution in [0.2, 0.25) is 0 Å². The Morgan fingerprint density at radius 3 is 1.19 bits per heavy atom. The zero-order valence-corrected chi connectivity index (χ0v) is 70.3. The molecule has 0 fully saturated rings. The molecule has 3 rings (SSSR count). The van der Waals surface area contributed by atoms with Crippen LogP contribution in [-0.2, 0) is 81.6 Å². The van der Waals surface area contributed by atoms with Crippen molar-refractivity contribution in [3.05, 3.63) is 66.3 Å².